The summed E-state index contributed by atoms with van der Waals surface area (Å²) >= 11 is 0. The SMILES string of the molecule is Cc1ccc(C(=O)/C=N/N2C(=O)c3ccccc3C2=O)c(C)c1. The first kappa shape index (κ1) is 14.8. The third-order valence-corrected chi connectivity index (χ3v) is 3.71. The van der Waals surface area contributed by atoms with Crippen molar-refractivity contribution >= 4 is 23.8 Å². The number of amides is 2. The minimum atomic E-state index is -0.518. The van der Waals surface area contributed by atoms with E-state index in [2.05, 4.69) is 5.10 Å². The molecule has 23 heavy (non-hydrogen) atoms. The molecular formula is C18H14N2O3. The largest absolute Gasteiger partial charge is 0.287 e. The number of hydrogen-bond donors (Lipinski definition) is 0. The third-order valence-electron chi connectivity index (χ3n) is 3.71. The van der Waals surface area contributed by atoms with Crippen LogP contribution in [0.15, 0.2) is 47.6 Å². The molecule has 0 aromatic heterocycles. The van der Waals surface area contributed by atoms with E-state index in [1.165, 1.54) is 0 Å². The van der Waals surface area contributed by atoms with Crippen molar-refractivity contribution in [3.63, 3.8) is 0 Å². The molecule has 0 saturated heterocycles. The molecule has 0 aliphatic carbocycles. The fourth-order valence-electron chi connectivity index (χ4n) is 2.55. The van der Waals surface area contributed by atoms with Crippen LogP contribution in [0.4, 0.5) is 0 Å². The molecule has 0 N–H and O–H groups in total. The maximum absolute atomic E-state index is 12.2. The summed E-state index contributed by atoms with van der Waals surface area (Å²) in [5.74, 6) is -1.38. The predicted molar refractivity (Wildman–Crippen MR) is 85.7 cm³/mol. The lowest BCUT2D eigenvalue weighted by Gasteiger charge is -2.06. The smallest absolute Gasteiger partial charge is 0.282 e. The van der Waals surface area contributed by atoms with Gasteiger partial charge in [-0.2, -0.15) is 10.1 Å². The predicted octanol–water partition coefficient (Wildman–Crippen LogP) is 2.77. The molecule has 0 spiro atoms. The number of Topliss-reactive ketones (excluding diaryl/α,β-unsaturated/α-hetero) is 1. The maximum atomic E-state index is 12.2. The van der Waals surface area contributed by atoms with Crippen molar-refractivity contribution in [2.45, 2.75) is 13.8 Å². The molecule has 0 fully saturated rings. The number of aryl methyl sites for hydroxylation is 2. The van der Waals surface area contributed by atoms with Crippen molar-refractivity contribution in [2.75, 3.05) is 0 Å². The summed E-state index contributed by atoms with van der Waals surface area (Å²) in [6, 6.07) is 11.9. The van der Waals surface area contributed by atoms with E-state index in [9.17, 15) is 14.4 Å². The van der Waals surface area contributed by atoms with E-state index in [0.717, 1.165) is 22.4 Å². The highest BCUT2D eigenvalue weighted by atomic mass is 16.2. The second-order valence-electron chi connectivity index (χ2n) is 5.39. The van der Waals surface area contributed by atoms with E-state index < -0.39 is 11.8 Å². The highest BCUT2D eigenvalue weighted by Crippen LogP contribution is 2.22. The molecule has 2 aromatic carbocycles. The van der Waals surface area contributed by atoms with Gasteiger partial charge in [-0.05, 0) is 31.5 Å². The highest BCUT2D eigenvalue weighted by molar-refractivity contribution is 6.36. The molecular weight excluding hydrogens is 292 g/mol. The lowest BCUT2D eigenvalue weighted by Crippen LogP contribution is -2.24. The zero-order valence-corrected chi connectivity index (χ0v) is 12.7. The molecule has 5 nitrogen and oxygen atoms in total. The second kappa shape index (κ2) is 5.61. The van der Waals surface area contributed by atoms with E-state index >= 15 is 0 Å². The number of fused-ring (bicyclic) bond motifs is 1. The summed E-state index contributed by atoms with van der Waals surface area (Å²) in [6.45, 7) is 3.77. The number of carbonyl (C=O) groups excluding carboxylic acids is 3. The summed E-state index contributed by atoms with van der Waals surface area (Å²) in [5, 5.41) is 4.53. The van der Waals surface area contributed by atoms with Crippen LogP contribution in [0.1, 0.15) is 42.2 Å². The Kier molecular flexibility index (Phi) is 3.62. The fourth-order valence-corrected chi connectivity index (χ4v) is 2.55. The summed E-state index contributed by atoms with van der Waals surface area (Å²) in [4.78, 5) is 36.5. The quantitative estimate of drug-likeness (QED) is 0.497. The molecule has 0 saturated carbocycles. The molecule has 1 aliphatic rings. The summed E-state index contributed by atoms with van der Waals surface area (Å²) < 4.78 is 0. The first-order chi connectivity index (χ1) is 11.0. The summed E-state index contributed by atoms with van der Waals surface area (Å²) in [6.07, 6.45) is 1.01. The van der Waals surface area contributed by atoms with Crippen LogP contribution in [0.2, 0.25) is 0 Å². The van der Waals surface area contributed by atoms with Crippen LogP contribution < -0.4 is 0 Å². The van der Waals surface area contributed by atoms with Crippen LogP contribution in [0, 0.1) is 13.8 Å². The molecule has 5 heteroatoms. The number of carbonyl (C=O) groups is 3. The number of benzene rings is 2. The Hall–Kier alpha value is -3.08. The van der Waals surface area contributed by atoms with Gasteiger partial charge in [0.25, 0.3) is 11.8 Å². The molecule has 2 amide bonds. The van der Waals surface area contributed by atoms with Crippen LogP contribution >= 0.6 is 0 Å². The maximum Gasteiger partial charge on any atom is 0.282 e. The fraction of sp³-hybridized carbons (Fsp3) is 0.111. The monoisotopic (exact) mass is 306 g/mol. The number of ketones is 1. The minimum Gasteiger partial charge on any atom is -0.287 e. The molecule has 0 bridgehead atoms. The first-order valence-corrected chi connectivity index (χ1v) is 7.12. The number of imide groups is 1. The van der Waals surface area contributed by atoms with Gasteiger partial charge in [-0.15, -0.1) is 0 Å². The molecule has 1 aliphatic heterocycles. The van der Waals surface area contributed by atoms with Gasteiger partial charge >= 0.3 is 0 Å². The van der Waals surface area contributed by atoms with Crippen LogP contribution in [0.25, 0.3) is 0 Å². The zero-order chi connectivity index (χ0) is 16.6. The van der Waals surface area contributed by atoms with Gasteiger partial charge in [-0.25, -0.2) is 0 Å². The van der Waals surface area contributed by atoms with Gasteiger partial charge in [-0.3, -0.25) is 14.4 Å². The Labute approximate surface area is 133 Å². The first-order valence-electron chi connectivity index (χ1n) is 7.12. The normalized spacial score (nSPS) is 13.7. The van der Waals surface area contributed by atoms with Crippen LogP contribution in [0.5, 0.6) is 0 Å². The van der Waals surface area contributed by atoms with Gasteiger partial charge in [0.15, 0.2) is 0 Å². The van der Waals surface area contributed by atoms with E-state index in [4.69, 9.17) is 0 Å². The van der Waals surface area contributed by atoms with E-state index in [-0.39, 0.29) is 5.78 Å². The highest BCUT2D eigenvalue weighted by Gasteiger charge is 2.35. The van der Waals surface area contributed by atoms with Crippen molar-refractivity contribution in [1.29, 1.82) is 0 Å². The number of rotatable bonds is 3. The Morgan fingerprint density at radius 1 is 1.00 bits per heavy atom. The van der Waals surface area contributed by atoms with E-state index in [1.54, 1.807) is 30.3 Å². The zero-order valence-electron chi connectivity index (χ0n) is 12.7. The van der Waals surface area contributed by atoms with E-state index in [0.29, 0.717) is 16.7 Å². The minimum absolute atomic E-state index is 0.300. The van der Waals surface area contributed by atoms with Gasteiger partial charge in [0.05, 0.1) is 17.3 Å². The van der Waals surface area contributed by atoms with Crippen LogP contribution in [-0.4, -0.2) is 28.8 Å². The van der Waals surface area contributed by atoms with Gasteiger partial charge < -0.3 is 0 Å². The van der Waals surface area contributed by atoms with Crippen molar-refractivity contribution in [2.24, 2.45) is 5.10 Å². The number of hydrogen-bond acceptors (Lipinski definition) is 4. The van der Waals surface area contributed by atoms with Gasteiger partial charge in [0.1, 0.15) is 0 Å². The standard InChI is InChI=1S/C18H14N2O3/c1-11-7-8-13(12(2)9-11)16(21)10-19-20-17(22)14-5-3-4-6-15(14)18(20)23/h3-10H,1-2H3/b19-10+. The molecule has 2 aromatic rings. The molecule has 0 radical (unpaired) electrons. The molecule has 114 valence electrons. The van der Waals surface area contributed by atoms with Crippen molar-refractivity contribution in [3.8, 4) is 0 Å². The lowest BCUT2D eigenvalue weighted by atomic mass is 10.0. The Morgan fingerprint density at radius 2 is 1.61 bits per heavy atom. The average molecular weight is 306 g/mol. The van der Waals surface area contributed by atoms with Gasteiger partial charge in [0.2, 0.25) is 5.78 Å². The Bertz CT molecular complexity index is 833. The molecule has 1 heterocycles. The van der Waals surface area contributed by atoms with E-state index in [1.807, 2.05) is 26.0 Å². The number of hydrazone groups is 1. The second-order valence-corrected chi connectivity index (χ2v) is 5.39. The van der Waals surface area contributed by atoms with Crippen molar-refractivity contribution in [3.05, 3.63) is 70.3 Å². The Balaban J connectivity index is 1.85. The lowest BCUT2D eigenvalue weighted by molar-refractivity contribution is 0.0660. The molecule has 0 unspecified atom stereocenters. The van der Waals surface area contributed by atoms with Gasteiger partial charge in [-0.1, -0.05) is 35.9 Å². The topological polar surface area (TPSA) is 66.8 Å². The molecule has 0 atom stereocenters. The Morgan fingerprint density at radius 3 is 2.17 bits per heavy atom. The summed E-state index contributed by atoms with van der Waals surface area (Å²) in [5.41, 5.74) is 2.97. The summed E-state index contributed by atoms with van der Waals surface area (Å²) in [7, 11) is 0. The van der Waals surface area contributed by atoms with Crippen LogP contribution in [-0.2, 0) is 0 Å². The number of nitrogens with zero attached hydrogens (tertiary/aromatic N) is 2. The van der Waals surface area contributed by atoms with Gasteiger partial charge in [0, 0.05) is 5.56 Å². The molecule has 3 rings (SSSR count). The van der Waals surface area contributed by atoms with Crippen molar-refractivity contribution < 1.29 is 14.4 Å². The third kappa shape index (κ3) is 2.57. The van der Waals surface area contributed by atoms with Crippen molar-refractivity contribution in [1.82, 2.24) is 5.01 Å². The van der Waals surface area contributed by atoms with Crippen LogP contribution in [0.3, 0.4) is 0 Å². The average Bonchev–Trinajstić information content (AvgIpc) is 2.77.